The third kappa shape index (κ3) is 2.18. The molecule has 2 rings (SSSR count). The smallest absolute Gasteiger partial charge is 0.305 e. The normalized spacial score (nSPS) is 17.4. The Morgan fingerprint density at radius 3 is 2.33 bits per heavy atom. The molecule has 0 amide bonds. The highest BCUT2D eigenvalue weighted by atomic mass is 16.4. The van der Waals surface area contributed by atoms with E-state index < -0.39 is 12.1 Å². The highest BCUT2D eigenvalue weighted by molar-refractivity contribution is 5.67. The van der Waals surface area contributed by atoms with Crippen LogP contribution in [0, 0.1) is 5.92 Å². The largest absolute Gasteiger partial charge is 0.481 e. The van der Waals surface area contributed by atoms with Crippen molar-refractivity contribution in [3.63, 3.8) is 0 Å². The van der Waals surface area contributed by atoms with Gasteiger partial charge in [0.2, 0.25) is 0 Å². The van der Waals surface area contributed by atoms with E-state index in [-0.39, 0.29) is 12.3 Å². The van der Waals surface area contributed by atoms with E-state index in [4.69, 9.17) is 5.11 Å². The van der Waals surface area contributed by atoms with E-state index >= 15 is 0 Å². The van der Waals surface area contributed by atoms with Crippen LogP contribution in [0.3, 0.4) is 0 Å². The average molecular weight is 206 g/mol. The zero-order valence-electron chi connectivity index (χ0n) is 8.39. The highest BCUT2D eigenvalue weighted by Gasteiger charge is 2.28. The highest BCUT2D eigenvalue weighted by Crippen LogP contribution is 2.29. The summed E-state index contributed by atoms with van der Waals surface area (Å²) in [4.78, 5) is 10.5. The van der Waals surface area contributed by atoms with E-state index in [2.05, 4.69) is 0 Å². The van der Waals surface area contributed by atoms with Crippen LogP contribution in [0.2, 0.25) is 0 Å². The first-order valence-electron chi connectivity index (χ1n) is 5.13. The fourth-order valence-electron chi connectivity index (χ4n) is 2.21. The lowest BCUT2D eigenvalue weighted by Gasteiger charge is -2.15. The molecule has 0 aliphatic heterocycles. The summed E-state index contributed by atoms with van der Waals surface area (Å²) in [5.74, 6) is -0.864. The molecular weight excluding hydrogens is 192 g/mol. The molecule has 0 unspecified atom stereocenters. The van der Waals surface area contributed by atoms with Crippen LogP contribution in [-0.4, -0.2) is 22.3 Å². The number of hydrogen-bond acceptors (Lipinski definition) is 2. The first-order chi connectivity index (χ1) is 7.16. The number of aliphatic hydroxyl groups is 1. The van der Waals surface area contributed by atoms with Crippen LogP contribution in [0.5, 0.6) is 0 Å². The maximum atomic E-state index is 10.5. The Balaban J connectivity index is 2.03. The second-order valence-corrected chi connectivity index (χ2v) is 4.10. The lowest BCUT2D eigenvalue weighted by Crippen LogP contribution is -2.23. The van der Waals surface area contributed by atoms with E-state index in [1.807, 2.05) is 24.3 Å². The lowest BCUT2D eigenvalue weighted by molar-refractivity contribution is -0.139. The number of aliphatic carboxylic acids is 1. The SMILES string of the molecule is O=C(O)C[C@@H](O)C1Cc2ccccc2C1. The molecule has 2 N–H and O–H groups in total. The predicted molar refractivity (Wildman–Crippen MR) is 55.6 cm³/mol. The molecule has 0 spiro atoms. The van der Waals surface area contributed by atoms with Crippen LogP contribution >= 0.6 is 0 Å². The molecule has 0 bridgehead atoms. The number of benzene rings is 1. The van der Waals surface area contributed by atoms with Gasteiger partial charge in [-0.15, -0.1) is 0 Å². The fraction of sp³-hybridized carbons (Fsp3) is 0.417. The first kappa shape index (κ1) is 10.2. The van der Waals surface area contributed by atoms with Gasteiger partial charge in [0, 0.05) is 0 Å². The molecule has 1 aliphatic carbocycles. The van der Waals surface area contributed by atoms with Crippen molar-refractivity contribution < 1.29 is 15.0 Å². The van der Waals surface area contributed by atoms with Crippen molar-refractivity contribution in [2.24, 2.45) is 5.92 Å². The van der Waals surface area contributed by atoms with Crippen LogP contribution in [0.25, 0.3) is 0 Å². The maximum absolute atomic E-state index is 10.5. The van der Waals surface area contributed by atoms with Crippen LogP contribution in [0.4, 0.5) is 0 Å². The van der Waals surface area contributed by atoms with Crippen LogP contribution < -0.4 is 0 Å². The van der Waals surface area contributed by atoms with Gasteiger partial charge < -0.3 is 10.2 Å². The van der Waals surface area contributed by atoms with Crippen molar-refractivity contribution in [3.8, 4) is 0 Å². The molecule has 0 fully saturated rings. The van der Waals surface area contributed by atoms with Gasteiger partial charge in [0.1, 0.15) is 0 Å². The zero-order valence-corrected chi connectivity index (χ0v) is 8.39. The second-order valence-electron chi connectivity index (χ2n) is 4.10. The predicted octanol–water partition coefficient (Wildman–Crippen LogP) is 1.24. The van der Waals surface area contributed by atoms with Crippen molar-refractivity contribution >= 4 is 5.97 Å². The van der Waals surface area contributed by atoms with Gasteiger partial charge >= 0.3 is 5.97 Å². The maximum Gasteiger partial charge on any atom is 0.305 e. The summed E-state index contributed by atoms with van der Waals surface area (Å²) in [6.45, 7) is 0. The summed E-state index contributed by atoms with van der Waals surface area (Å²) < 4.78 is 0. The first-order valence-corrected chi connectivity index (χ1v) is 5.13. The summed E-state index contributed by atoms with van der Waals surface area (Å²) in [7, 11) is 0. The molecule has 0 heterocycles. The summed E-state index contributed by atoms with van der Waals surface area (Å²) in [6.07, 6.45) is 0.711. The molecule has 80 valence electrons. The summed E-state index contributed by atoms with van der Waals surface area (Å²) in [6, 6.07) is 8.04. The van der Waals surface area contributed by atoms with Crippen molar-refractivity contribution in [2.45, 2.75) is 25.4 Å². The lowest BCUT2D eigenvalue weighted by atomic mass is 9.97. The third-order valence-corrected chi connectivity index (χ3v) is 3.01. The minimum Gasteiger partial charge on any atom is -0.481 e. The van der Waals surface area contributed by atoms with Gasteiger partial charge in [-0.25, -0.2) is 0 Å². The standard InChI is InChI=1S/C12H14O3/c13-11(7-12(14)15)10-5-8-3-1-2-4-9(8)6-10/h1-4,10-11,13H,5-7H2,(H,14,15)/t11-/m1/s1. The molecule has 1 aliphatic rings. The van der Waals surface area contributed by atoms with E-state index in [0.29, 0.717) is 0 Å². The van der Waals surface area contributed by atoms with Gasteiger partial charge in [-0.1, -0.05) is 24.3 Å². The molecule has 3 nitrogen and oxygen atoms in total. The Morgan fingerprint density at radius 2 is 1.87 bits per heavy atom. The van der Waals surface area contributed by atoms with Gasteiger partial charge in [-0.3, -0.25) is 4.79 Å². The Morgan fingerprint density at radius 1 is 1.33 bits per heavy atom. The summed E-state index contributed by atoms with van der Waals surface area (Å²) in [5.41, 5.74) is 2.49. The van der Waals surface area contributed by atoms with Gasteiger partial charge in [0.15, 0.2) is 0 Å². The van der Waals surface area contributed by atoms with Crippen LogP contribution in [0.15, 0.2) is 24.3 Å². The molecule has 0 aromatic heterocycles. The van der Waals surface area contributed by atoms with Gasteiger partial charge in [-0.2, -0.15) is 0 Å². The quantitative estimate of drug-likeness (QED) is 0.782. The monoisotopic (exact) mass is 206 g/mol. The fourth-order valence-corrected chi connectivity index (χ4v) is 2.21. The molecule has 3 heteroatoms. The average Bonchev–Trinajstić information content (AvgIpc) is 2.59. The third-order valence-electron chi connectivity index (χ3n) is 3.01. The van der Waals surface area contributed by atoms with Crippen molar-refractivity contribution in [1.29, 1.82) is 0 Å². The number of carbonyl (C=O) groups is 1. The Labute approximate surface area is 88.4 Å². The second kappa shape index (κ2) is 4.03. The Kier molecular flexibility index (Phi) is 2.73. The molecule has 0 saturated carbocycles. The van der Waals surface area contributed by atoms with E-state index in [9.17, 15) is 9.90 Å². The summed E-state index contributed by atoms with van der Waals surface area (Å²) in [5, 5.41) is 18.3. The van der Waals surface area contributed by atoms with E-state index in [1.54, 1.807) is 0 Å². The molecule has 0 radical (unpaired) electrons. The number of carboxylic acid groups (broad SMARTS) is 1. The number of fused-ring (bicyclic) bond motifs is 1. The molecule has 0 saturated heterocycles. The number of aliphatic hydroxyl groups excluding tert-OH is 1. The molecule has 15 heavy (non-hydrogen) atoms. The number of rotatable bonds is 3. The zero-order chi connectivity index (χ0) is 10.8. The van der Waals surface area contributed by atoms with Crippen molar-refractivity contribution in [1.82, 2.24) is 0 Å². The van der Waals surface area contributed by atoms with E-state index in [1.165, 1.54) is 11.1 Å². The van der Waals surface area contributed by atoms with Crippen molar-refractivity contribution in [2.75, 3.05) is 0 Å². The minimum absolute atomic E-state index is 0.0681. The Bertz CT molecular complexity index is 348. The van der Waals surface area contributed by atoms with Gasteiger partial charge in [-0.05, 0) is 29.9 Å². The molecule has 1 atom stereocenters. The van der Waals surface area contributed by atoms with Crippen LogP contribution in [0.1, 0.15) is 17.5 Å². The van der Waals surface area contributed by atoms with Gasteiger partial charge in [0.25, 0.3) is 0 Å². The van der Waals surface area contributed by atoms with Crippen molar-refractivity contribution in [3.05, 3.63) is 35.4 Å². The van der Waals surface area contributed by atoms with Gasteiger partial charge in [0.05, 0.1) is 12.5 Å². The Hall–Kier alpha value is -1.35. The number of hydrogen-bond donors (Lipinski definition) is 2. The van der Waals surface area contributed by atoms with E-state index in [0.717, 1.165) is 12.8 Å². The molecule has 1 aromatic rings. The molecular formula is C12H14O3. The van der Waals surface area contributed by atoms with Crippen LogP contribution in [-0.2, 0) is 17.6 Å². The number of carboxylic acids is 1. The molecule has 1 aromatic carbocycles. The minimum atomic E-state index is -0.932. The topological polar surface area (TPSA) is 57.5 Å². The summed E-state index contributed by atoms with van der Waals surface area (Å²) >= 11 is 0.